The Morgan fingerprint density at radius 2 is 2.04 bits per heavy atom. The number of hydrogen-bond acceptors (Lipinski definition) is 5. The molecule has 2 saturated heterocycles. The minimum absolute atomic E-state index is 0.498. The molecule has 0 radical (unpaired) electrons. The van der Waals surface area contributed by atoms with Crippen LogP contribution in [0.15, 0.2) is 18.3 Å². The number of ether oxygens (including phenoxy) is 2. The lowest BCUT2D eigenvalue weighted by Gasteiger charge is -2.39. The number of hydrogen-bond donors (Lipinski definition) is 0. The van der Waals surface area contributed by atoms with Gasteiger partial charge in [-0.05, 0) is 69.6 Å². The number of pyridine rings is 1. The van der Waals surface area contributed by atoms with Crippen LogP contribution < -0.4 is 4.74 Å². The zero-order chi connectivity index (χ0) is 18.0. The highest BCUT2D eigenvalue weighted by atomic mass is 16.5. The van der Waals surface area contributed by atoms with Crippen molar-refractivity contribution in [2.75, 3.05) is 47.0 Å². The van der Waals surface area contributed by atoms with E-state index in [9.17, 15) is 0 Å². The fourth-order valence-electron chi connectivity index (χ4n) is 4.74. The maximum absolute atomic E-state index is 6.00. The number of rotatable bonds is 7. The molecule has 1 spiro atoms. The van der Waals surface area contributed by atoms with Gasteiger partial charge in [-0.15, -0.1) is 0 Å². The van der Waals surface area contributed by atoms with Crippen LogP contribution in [0.3, 0.4) is 0 Å². The summed E-state index contributed by atoms with van der Waals surface area (Å²) in [5.74, 6) is 1.63. The first-order chi connectivity index (χ1) is 12.7. The van der Waals surface area contributed by atoms with Crippen LogP contribution in [0.4, 0.5) is 0 Å². The van der Waals surface area contributed by atoms with Gasteiger partial charge in [0.1, 0.15) is 0 Å². The second-order valence-corrected chi connectivity index (χ2v) is 8.70. The van der Waals surface area contributed by atoms with Gasteiger partial charge in [0.15, 0.2) is 0 Å². The number of likely N-dealkylation sites (tertiary alicyclic amines) is 2. The second kappa shape index (κ2) is 7.83. The zero-order valence-electron chi connectivity index (χ0n) is 16.3. The van der Waals surface area contributed by atoms with Crippen LogP contribution in [0.25, 0.3) is 0 Å². The smallest absolute Gasteiger partial charge is 0.217 e. The number of aromatic nitrogens is 1. The summed E-state index contributed by atoms with van der Waals surface area (Å²) in [6.45, 7) is 6.41. The van der Waals surface area contributed by atoms with Crippen LogP contribution in [0.1, 0.15) is 37.7 Å². The van der Waals surface area contributed by atoms with E-state index in [2.05, 4.69) is 27.9 Å². The molecule has 0 unspecified atom stereocenters. The molecule has 4 rings (SSSR count). The van der Waals surface area contributed by atoms with Crippen molar-refractivity contribution >= 4 is 0 Å². The predicted octanol–water partition coefficient (Wildman–Crippen LogP) is 2.80. The summed E-state index contributed by atoms with van der Waals surface area (Å²) in [5, 5.41) is 0. The lowest BCUT2D eigenvalue weighted by Crippen LogP contribution is -2.40. The van der Waals surface area contributed by atoms with Gasteiger partial charge in [-0.25, -0.2) is 4.98 Å². The molecule has 0 bridgehead atoms. The van der Waals surface area contributed by atoms with Crippen molar-refractivity contribution in [2.45, 2.75) is 44.7 Å². The van der Waals surface area contributed by atoms with Gasteiger partial charge < -0.3 is 14.4 Å². The van der Waals surface area contributed by atoms with E-state index in [-0.39, 0.29) is 0 Å². The molecule has 144 valence electrons. The number of methoxy groups -OCH3 is 1. The van der Waals surface area contributed by atoms with Crippen molar-refractivity contribution < 1.29 is 9.47 Å². The summed E-state index contributed by atoms with van der Waals surface area (Å²) in [4.78, 5) is 9.43. The molecule has 3 heterocycles. The molecular formula is C21H33N3O2. The van der Waals surface area contributed by atoms with E-state index in [1.807, 2.05) is 6.07 Å². The van der Waals surface area contributed by atoms with E-state index in [0.717, 1.165) is 31.6 Å². The first-order valence-corrected chi connectivity index (χ1v) is 10.2. The average Bonchev–Trinajstić information content (AvgIpc) is 3.42. The molecule has 0 amide bonds. The van der Waals surface area contributed by atoms with E-state index in [1.165, 1.54) is 57.3 Å². The van der Waals surface area contributed by atoms with Crippen LogP contribution >= 0.6 is 0 Å². The normalized spacial score (nSPS) is 26.5. The van der Waals surface area contributed by atoms with Crippen LogP contribution in [0, 0.1) is 11.3 Å². The minimum Gasteiger partial charge on any atom is -0.481 e. The fourth-order valence-corrected chi connectivity index (χ4v) is 4.74. The molecule has 0 N–H and O–H groups in total. The van der Waals surface area contributed by atoms with Crippen LogP contribution in [0.5, 0.6) is 5.88 Å². The van der Waals surface area contributed by atoms with Gasteiger partial charge in [0.05, 0.1) is 13.7 Å². The summed E-state index contributed by atoms with van der Waals surface area (Å²) in [6, 6.07) is 4.74. The molecule has 1 saturated carbocycles. The van der Waals surface area contributed by atoms with Gasteiger partial charge >= 0.3 is 0 Å². The van der Waals surface area contributed by atoms with Crippen molar-refractivity contribution in [1.29, 1.82) is 0 Å². The lowest BCUT2D eigenvalue weighted by molar-refractivity contribution is 0.0776. The molecule has 1 aliphatic carbocycles. The van der Waals surface area contributed by atoms with Crippen molar-refractivity contribution in [3.05, 3.63) is 23.9 Å². The molecular weight excluding hydrogens is 326 g/mol. The van der Waals surface area contributed by atoms with Gasteiger partial charge in [-0.3, -0.25) is 4.90 Å². The van der Waals surface area contributed by atoms with E-state index in [0.29, 0.717) is 11.5 Å². The van der Waals surface area contributed by atoms with Crippen molar-refractivity contribution in [3.8, 4) is 5.88 Å². The van der Waals surface area contributed by atoms with Crippen molar-refractivity contribution in [3.63, 3.8) is 0 Å². The highest BCUT2D eigenvalue weighted by Gasteiger charge is 2.44. The molecule has 1 aromatic rings. The fraction of sp³-hybridized carbons (Fsp3) is 0.762. The van der Waals surface area contributed by atoms with Gasteiger partial charge in [0, 0.05) is 37.5 Å². The Labute approximate surface area is 157 Å². The third-order valence-electron chi connectivity index (χ3n) is 6.59. The summed E-state index contributed by atoms with van der Waals surface area (Å²) in [5.41, 5.74) is 1.69. The summed E-state index contributed by atoms with van der Waals surface area (Å²) >= 11 is 0. The first kappa shape index (κ1) is 18.2. The Morgan fingerprint density at radius 1 is 1.23 bits per heavy atom. The van der Waals surface area contributed by atoms with E-state index >= 15 is 0 Å². The molecule has 5 heteroatoms. The molecule has 2 aliphatic heterocycles. The zero-order valence-corrected chi connectivity index (χ0v) is 16.3. The van der Waals surface area contributed by atoms with Crippen molar-refractivity contribution in [2.24, 2.45) is 11.3 Å². The Morgan fingerprint density at radius 3 is 2.77 bits per heavy atom. The largest absolute Gasteiger partial charge is 0.481 e. The standard InChI is InChI=1S/C21H33N3O2/c1-23-16-21(12-19(23)15-26-14-17-5-6-17)7-10-24(11-8-21)13-18-4-3-9-22-20(18)25-2/h3-4,9,17,19H,5-8,10-16H2,1-2H3/t19-/m1/s1. The van der Waals surface area contributed by atoms with Crippen molar-refractivity contribution in [1.82, 2.24) is 14.8 Å². The summed E-state index contributed by atoms with van der Waals surface area (Å²) < 4.78 is 11.4. The molecule has 3 aliphatic rings. The third-order valence-corrected chi connectivity index (χ3v) is 6.59. The number of nitrogens with zero attached hydrogens (tertiary/aromatic N) is 3. The molecule has 5 nitrogen and oxygen atoms in total. The van der Waals surface area contributed by atoms with Crippen LogP contribution in [-0.4, -0.2) is 67.8 Å². The molecule has 26 heavy (non-hydrogen) atoms. The Bertz CT molecular complexity index is 597. The van der Waals surface area contributed by atoms with Crippen LogP contribution in [0.2, 0.25) is 0 Å². The van der Waals surface area contributed by atoms with E-state index in [1.54, 1.807) is 13.3 Å². The molecule has 1 aromatic heterocycles. The maximum atomic E-state index is 6.00. The van der Waals surface area contributed by atoms with Gasteiger partial charge in [0.25, 0.3) is 0 Å². The van der Waals surface area contributed by atoms with E-state index < -0.39 is 0 Å². The van der Waals surface area contributed by atoms with Gasteiger partial charge in [0.2, 0.25) is 5.88 Å². The lowest BCUT2D eigenvalue weighted by atomic mass is 9.76. The SMILES string of the molecule is COc1ncccc1CN1CCC2(CC1)C[C@H](COCC1CC1)N(C)C2. The Kier molecular flexibility index (Phi) is 5.48. The first-order valence-electron chi connectivity index (χ1n) is 10.2. The maximum Gasteiger partial charge on any atom is 0.217 e. The highest BCUT2D eigenvalue weighted by molar-refractivity contribution is 5.25. The Hall–Kier alpha value is -1.17. The minimum atomic E-state index is 0.498. The quantitative estimate of drug-likeness (QED) is 0.748. The predicted molar refractivity (Wildman–Crippen MR) is 102 cm³/mol. The number of piperidine rings is 1. The monoisotopic (exact) mass is 359 g/mol. The molecule has 3 fully saturated rings. The highest BCUT2D eigenvalue weighted by Crippen LogP contribution is 2.43. The average molecular weight is 360 g/mol. The summed E-state index contributed by atoms with van der Waals surface area (Å²) in [7, 11) is 3.99. The molecule has 1 atom stereocenters. The Balaban J connectivity index is 1.27. The van der Waals surface area contributed by atoms with E-state index in [4.69, 9.17) is 9.47 Å². The topological polar surface area (TPSA) is 37.8 Å². The second-order valence-electron chi connectivity index (χ2n) is 8.70. The van der Waals surface area contributed by atoms with Gasteiger partial charge in [-0.2, -0.15) is 0 Å². The summed E-state index contributed by atoms with van der Waals surface area (Å²) in [6.07, 6.45) is 8.44. The molecule has 0 aromatic carbocycles. The number of likely N-dealkylation sites (N-methyl/N-ethyl adjacent to an activating group) is 1. The van der Waals surface area contributed by atoms with Gasteiger partial charge in [-0.1, -0.05) is 6.07 Å². The third kappa shape index (κ3) is 4.21. The van der Waals surface area contributed by atoms with Crippen LogP contribution in [-0.2, 0) is 11.3 Å².